The lowest BCUT2D eigenvalue weighted by molar-refractivity contribution is 0.487. The Morgan fingerprint density at radius 1 is 1.50 bits per heavy atom. The molecule has 0 radical (unpaired) electrons. The van der Waals surface area contributed by atoms with Crippen molar-refractivity contribution in [1.82, 2.24) is 19.7 Å². The molecule has 0 bridgehead atoms. The van der Waals surface area contributed by atoms with Gasteiger partial charge in [-0.05, 0) is 25.8 Å². The standard InChI is InChI=1S/C15H19ClN6/c1-10-3-4-11(7-18-15(17)21(2)13-5-6-13)14(20-10)22-9-12(16)8-19-22/h3-4,8-9,13H,5-7H2,1-2H3,(H2,17,18). The molecule has 2 heterocycles. The molecule has 2 aromatic heterocycles. The molecule has 116 valence electrons. The van der Waals surface area contributed by atoms with Gasteiger partial charge in [0.05, 0.1) is 24.0 Å². The van der Waals surface area contributed by atoms with Gasteiger partial charge in [-0.1, -0.05) is 17.7 Å². The summed E-state index contributed by atoms with van der Waals surface area (Å²) in [5.41, 5.74) is 7.91. The van der Waals surface area contributed by atoms with Crippen LogP contribution in [0.4, 0.5) is 0 Å². The smallest absolute Gasteiger partial charge is 0.191 e. The van der Waals surface area contributed by atoms with Crippen molar-refractivity contribution in [3.63, 3.8) is 0 Å². The second kappa shape index (κ2) is 5.96. The minimum atomic E-state index is 0.461. The number of nitrogens with two attached hydrogens (primary N) is 1. The van der Waals surface area contributed by atoms with Crippen LogP contribution in [-0.4, -0.2) is 38.7 Å². The minimum Gasteiger partial charge on any atom is -0.370 e. The highest BCUT2D eigenvalue weighted by Crippen LogP contribution is 2.25. The first-order valence-corrected chi connectivity index (χ1v) is 7.62. The molecule has 1 saturated carbocycles. The zero-order valence-electron chi connectivity index (χ0n) is 12.7. The highest BCUT2D eigenvalue weighted by molar-refractivity contribution is 6.30. The molecular weight excluding hydrogens is 300 g/mol. The van der Waals surface area contributed by atoms with E-state index >= 15 is 0 Å². The fourth-order valence-corrected chi connectivity index (χ4v) is 2.37. The number of aliphatic imine (C=N–C) groups is 1. The molecule has 6 nitrogen and oxygen atoms in total. The summed E-state index contributed by atoms with van der Waals surface area (Å²) in [7, 11) is 1.98. The highest BCUT2D eigenvalue weighted by Gasteiger charge is 2.27. The normalized spacial score (nSPS) is 15.1. The van der Waals surface area contributed by atoms with Crippen LogP contribution >= 0.6 is 11.6 Å². The molecule has 1 fully saturated rings. The molecule has 7 heteroatoms. The summed E-state index contributed by atoms with van der Waals surface area (Å²) in [4.78, 5) is 11.1. The molecule has 1 aliphatic carbocycles. The molecule has 0 unspecified atom stereocenters. The highest BCUT2D eigenvalue weighted by atomic mass is 35.5. The van der Waals surface area contributed by atoms with Crippen molar-refractivity contribution in [2.45, 2.75) is 32.4 Å². The minimum absolute atomic E-state index is 0.461. The third kappa shape index (κ3) is 3.22. The summed E-state index contributed by atoms with van der Waals surface area (Å²) in [5.74, 6) is 1.30. The van der Waals surface area contributed by atoms with Crippen LogP contribution in [0.2, 0.25) is 5.02 Å². The number of guanidine groups is 1. The predicted octanol–water partition coefficient (Wildman–Crippen LogP) is 2.14. The molecule has 0 aromatic carbocycles. The summed E-state index contributed by atoms with van der Waals surface area (Å²) in [6, 6.07) is 4.51. The second-order valence-electron chi connectivity index (χ2n) is 5.55. The summed E-state index contributed by atoms with van der Waals surface area (Å²) in [5, 5.41) is 4.80. The molecule has 0 aliphatic heterocycles. The molecule has 3 rings (SSSR count). The second-order valence-corrected chi connectivity index (χ2v) is 5.99. The van der Waals surface area contributed by atoms with Gasteiger partial charge in [-0.2, -0.15) is 5.10 Å². The number of hydrogen-bond donors (Lipinski definition) is 1. The van der Waals surface area contributed by atoms with Crippen molar-refractivity contribution in [3.05, 3.63) is 40.8 Å². The van der Waals surface area contributed by atoms with Crippen molar-refractivity contribution >= 4 is 17.6 Å². The molecule has 22 heavy (non-hydrogen) atoms. The Kier molecular flexibility index (Phi) is 4.02. The fourth-order valence-electron chi connectivity index (χ4n) is 2.24. The van der Waals surface area contributed by atoms with Gasteiger partial charge < -0.3 is 10.6 Å². The Hall–Kier alpha value is -2.08. The number of aryl methyl sites for hydroxylation is 1. The number of pyridine rings is 1. The largest absolute Gasteiger partial charge is 0.370 e. The van der Waals surface area contributed by atoms with Gasteiger partial charge in [0.2, 0.25) is 0 Å². The molecule has 2 aromatic rings. The van der Waals surface area contributed by atoms with Crippen LogP contribution in [-0.2, 0) is 6.54 Å². The Bertz CT molecular complexity index is 704. The van der Waals surface area contributed by atoms with Gasteiger partial charge in [-0.25, -0.2) is 14.7 Å². The summed E-state index contributed by atoms with van der Waals surface area (Å²) < 4.78 is 1.67. The lowest BCUT2D eigenvalue weighted by atomic mass is 10.2. The molecule has 0 spiro atoms. The summed E-state index contributed by atoms with van der Waals surface area (Å²) in [6.45, 7) is 2.40. The maximum absolute atomic E-state index is 6.04. The number of rotatable bonds is 4. The maximum atomic E-state index is 6.04. The van der Waals surface area contributed by atoms with E-state index in [1.165, 1.54) is 12.8 Å². The van der Waals surface area contributed by atoms with Crippen LogP contribution in [0.1, 0.15) is 24.1 Å². The van der Waals surface area contributed by atoms with Gasteiger partial charge in [0.25, 0.3) is 0 Å². The van der Waals surface area contributed by atoms with E-state index < -0.39 is 0 Å². The van der Waals surface area contributed by atoms with Crippen LogP contribution in [0.25, 0.3) is 5.82 Å². The van der Waals surface area contributed by atoms with Gasteiger partial charge in [-0.3, -0.25) is 0 Å². The van der Waals surface area contributed by atoms with E-state index in [0.717, 1.165) is 17.1 Å². The van der Waals surface area contributed by atoms with Gasteiger partial charge >= 0.3 is 0 Å². The monoisotopic (exact) mass is 318 g/mol. The Morgan fingerprint density at radius 2 is 2.27 bits per heavy atom. The summed E-state index contributed by atoms with van der Waals surface area (Å²) >= 11 is 5.95. The maximum Gasteiger partial charge on any atom is 0.191 e. The van der Waals surface area contributed by atoms with Crippen molar-refractivity contribution in [1.29, 1.82) is 0 Å². The van der Waals surface area contributed by atoms with Gasteiger partial charge in [0.1, 0.15) is 0 Å². The van der Waals surface area contributed by atoms with E-state index in [2.05, 4.69) is 15.1 Å². The van der Waals surface area contributed by atoms with Crippen LogP contribution in [0.5, 0.6) is 0 Å². The molecule has 0 atom stereocenters. The van der Waals surface area contributed by atoms with E-state index in [-0.39, 0.29) is 0 Å². The van der Waals surface area contributed by atoms with Crippen molar-refractivity contribution in [3.8, 4) is 5.82 Å². The van der Waals surface area contributed by atoms with E-state index in [0.29, 0.717) is 23.6 Å². The first-order valence-electron chi connectivity index (χ1n) is 7.24. The Morgan fingerprint density at radius 3 is 2.91 bits per heavy atom. The lowest BCUT2D eigenvalue weighted by Gasteiger charge is -2.17. The number of aromatic nitrogens is 3. The number of nitrogens with zero attached hydrogens (tertiary/aromatic N) is 5. The lowest BCUT2D eigenvalue weighted by Crippen LogP contribution is -2.35. The van der Waals surface area contributed by atoms with Crippen LogP contribution < -0.4 is 5.73 Å². The van der Waals surface area contributed by atoms with Gasteiger partial charge in [0.15, 0.2) is 11.8 Å². The SMILES string of the molecule is Cc1ccc(CN=C(N)N(C)C2CC2)c(-n2cc(Cl)cn2)n1. The first-order chi connectivity index (χ1) is 10.5. The number of halogens is 1. The van der Waals surface area contributed by atoms with E-state index in [1.54, 1.807) is 17.1 Å². The predicted molar refractivity (Wildman–Crippen MR) is 87.2 cm³/mol. The van der Waals surface area contributed by atoms with Crippen molar-refractivity contribution in [2.75, 3.05) is 7.05 Å². The van der Waals surface area contributed by atoms with Crippen molar-refractivity contribution in [2.24, 2.45) is 10.7 Å². The number of hydrogen-bond acceptors (Lipinski definition) is 3. The van der Waals surface area contributed by atoms with E-state index in [9.17, 15) is 0 Å². The fraction of sp³-hybridized carbons (Fsp3) is 0.400. The third-order valence-corrected chi connectivity index (χ3v) is 3.93. The van der Waals surface area contributed by atoms with Crippen LogP contribution in [0.3, 0.4) is 0 Å². The van der Waals surface area contributed by atoms with E-state index in [4.69, 9.17) is 17.3 Å². The quantitative estimate of drug-likeness (QED) is 0.692. The van der Waals surface area contributed by atoms with Crippen LogP contribution in [0.15, 0.2) is 29.5 Å². The topological polar surface area (TPSA) is 72.3 Å². The zero-order chi connectivity index (χ0) is 15.7. The average molecular weight is 319 g/mol. The average Bonchev–Trinajstić information content (AvgIpc) is 3.26. The summed E-state index contributed by atoms with van der Waals surface area (Å²) in [6.07, 6.45) is 5.70. The molecule has 0 saturated heterocycles. The van der Waals surface area contributed by atoms with Crippen molar-refractivity contribution < 1.29 is 0 Å². The Balaban J connectivity index is 1.85. The molecule has 1 aliphatic rings. The van der Waals surface area contributed by atoms with E-state index in [1.807, 2.05) is 31.0 Å². The molecule has 2 N–H and O–H groups in total. The van der Waals surface area contributed by atoms with Gasteiger partial charge in [0, 0.05) is 24.3 Å². The van der Waals surface area contributed by atoms with Gasteiger partial charge in [-0.15, -0.1) is 0 Å². The zero-order valence-corrected chi connectivity index (χ0v) is 13.5. The first kappa shape index (κ1) is 14.8. The molecule has 0 amide bonds. The molecular formula is C15H19ClN6. The third-order valence-electron chi connectivity index (χ3n) is 3.73. The Labute approximate surface area is 134 Å². The van der Waals surface area contributed by atoms with Crippen LogP contribution in [0, 0.1) is 6.92 Å².